The second-order valence-electron chi connectivity index (χ2n) is 8.29. The van der Waals surface area contributed by atoms with Crippen LogP contribution in [0.15, 0.2) is 48.5 Å². The predicted molar refractivity (Wildman–Crippen MR) is 133 cm³/mol. The van der Waals surface area contributed by atoms with Gasteiger partial charge < -0.3 is 10.2 Å². The van der Waals surface area contributed by atoms with E-state index >= 15 is 0 Å². The molecular weight excluding hydrogens is 462 g/mol. The zero-order valence-electron chi connectivity index (χ0n) is 19.7. The summed E-state index contributed by atoms with van der Waals surface area (Å²) in [5.41, 5.74) is 1.94. The minimum atomic E-state index is -3.75. The van der Waals surface area contributed by atoms with Crippen LogP contribution < -0.4 is 9.62 Å². The number of anilines is 1. The Kier molecular flexibility index (Phi) is 9.31. The molecule has 2 aromatic carbocycles. The second-order valence-corrected chi connectivity index (χ2v) is 10.6. The van der Waals surface area contributed by atoms with Crippen molar-refractivity contribution < 1.29 is 18.0 Å². The van der Waals surface area contributed by atoms with Gasteiger partial charge in [-0.05, 0) is 56.5 Å². The molecule has 2 aromatic rings. The summed E-state index contributed by atoms with van der Waals surface area (Å²) in [4.78, 5) is 27.9. The molecule has 0 radical (unpaired) electrons. The molecule has 0 bridgehead atoms. The van der Waals surface area contributed by atoms with Gasteiger partial charge >= 0.3 is 0 Å². The Hall–Kier alpha value is -2.58. The van der Waals surface area contributed by atoms with Crippen molar-refractivity contribution in [1.82, 2.24) is 10.2 Å². The van der Waals surface area contributed by atoms with E-state index in [-0.39, 0.29) is 18.5 Å². The summed E-state index contributed by atoms with van der Waals surface area (Å²) >= 11 is 5.99. The van der Waals surface area contributed by atoms with E-state index in [1.165, 1.54) is 4.90 Å². The Bertz CT molecular complexity index is 1070. The van der Waals surface area contributed by atoms with Crippen LogP contribution in [0.25, 0.3) is 0 Å². The highest BCUT2D eigenvalue weighted by atomic mass is 35.5. The maximum absolute atomic E-state index is 13.6. The summed E-state index contributed by atoms with van der Waals surface area (Å²) in [6.45, 7) is 7.03. The predicted octanol–water partition coefficient (Wildman–Crippen LogP) is 3.75. The van der Waals surface area contributed by atoms with Gasteiger partial charge in [-0.1, -0.05) is 48.9 Å². The molecule has 2 amide bonds. The summed E-state index contributed by atoms with van der Waals surface area (Å²) in [6, 6.07) is 13.1. The summed E-state index contributed by atoms with van der Waals surface area (Å²) in [5, 5.41) is 3.42. The Morgan fingerprint density at radius 3 is 2.18 bits per heavy atom. The maximum atomic E-state index is 13.6. The lowest BCUT2D eigenvalue weighted by Gasteiger charge is -2.33. The molecule has 0 heterocycles. The fraction of sp³-hybridized carbons (Fsp3) is 0.417. The van der Waals surface area contributed by atoms with Gasteiger partial charge in [-0.25, -0.2) is 8.42 Å². The summed E-state index contributed by atoms with van der Waals surface area (Å²) in [5.74, 6) is -0.749. The van der Waals surface area contributed by atoms with Crippen LogP contribution in [0.5, 0.6) is 0 Å². The highest BCUT2D eigenvalue weighted by Gasteiger charge is 2.32. The van der Waals surface area contributed by atoms with Crippen molar-refractivity contribution >= 4 is 39.1 Å². The van der Waals surface area contributed by atoms with E-state index in [2.05, 4.69) is 5.32 Å². The van der Waals surface area contributed by atoms with Gasteiger partial charge in [0.05, 0.1) is 11.9 Å². The van der Waals surface area contributed by atoms with Crippen molar-refractivity contribution in [3.8, 4) is 0 Å². The van der Waals surface area contributed by atoms with Crippen LogP contribution in [0, 0.1) is 6.92 Å². The number of benzene rings is 2. The van der Waals surface area contributed by atoms with Crippen LogP contribution >= 0.6 is 11.6 Å². The Labute approximate surface area is 201 Å². The molecule has 180 valence electrons. The van der Waals surface area contributed by atoms with Crippen LogP contribution in [0.4, 0.5) is 5.69 Å². The van der Waals surface area contributed by atoms with E-state index in [4.69, 9.17) is 11.6 Å². The van der Waals surface area contributed by atoms with E-state index in [0.29, 0.717) is 17.1 Å². The number of halogens is 1. The molecule has 7 nitrogen and oxygen atoms in total. The number of rotatable bonds is 10. The molecule has 0 fully saturated rings. The van der Waals surface area contributed by atoms with Crippen LogP contribution in [-0.4, -0.2) is 50.0 Å². The quantitative estimate of drug-likeness (QED) is 0.546. The van der Waals surface area contributed by atoms with Gasteiger partial charge in [0.2, 0.25) is 21.8 Å². The van der Waals surface area contributed by atoms with E-state index < -0.39 is 28.5 Å². The molecule has 2 rings (SSSR count). The maximum Gasteiger partial charge on any atom is 0.244 e. The first-order valence-corrected chi connectivity index (χ1v) is 13.0. The second kappa shape index (κ2) is 11.5. The first kappa shape index (κ1) is 26.7. The number of amides is 2. The highest BCUT2D eigenvalue weighted by molar-refractivity contribution is 7.92. The third-order valence-corrected chi connectivity index (χ3v) is 6.52. The molecule has 0 aliphatic heterocycles. The van der Waals surface area contributed by atoms with Crippen molar-refractivity contribution in [3.05, 3.63) is 64.7 Å². The molecule has 1 atom stereocenters. The molecule has 0 spiro atoms. The molecule has 33 heavy (non-hydrogen) atoms. The molecule has 0 saturated carbocycles. The van der Waals surface area contributed by atoms with Gasteiger partial charge in [0, 0.05) is 17.6 Å². The minimum Gasteiger partial charge on any atom is -0.352 e. The minimum absolute atomic E-state index is 0.0986. The fourth-order valence-corrected chi connectivity index (χ4v) is 4.56. The third-order valence-electron chi connectivity index (χ3n) is 5.15. The summed E-state index contributed by atoms with van der Waals surface area (Å²) in [6.07, 6.45) is 1.44. The van der Waals surface area contributed by atoms with Gasteiger partial charge in [0.25, 0.3) is 0 Å². The van der Waals surface area contributed by atoms with E-state index in [9.17, 15) is 18.0 Å². The third kappa shape index (κ3) is 7.47. The van der Waals surface area contributed by atoms with Crippen molar-refractivity contribution in [2.24, 2.45) is 0 Å². The van der Waals surface area contributed by atoms with Crippen molar-refractivity contribution in [2.75, 3.05) is 17.1 Å². The molecule has 1 N–H and O–H groups in total. The SMILES string of the molecule is CC[C@@H](C(=O)NC(C)C)N(Cc1ccc(Cl)cc1)C(=O)CN(c1ccccc1C)S(C)(=O)=O. The Morgan fingerprint density at radius 1 is 1.06 bits per heavy atom. The number of nitrogens with one attached hydrogen (secondary N) is 1. The van der Waals surface area contributed by atoms with Crippen molar-refractivity contribution in [2.45, 2.75) is 52.7 Å². The zero-order chi connectivity index (χ0) is 24.8. The molecule has 9 heteroatoms. The average molecular weight is 494 g/mol. The van der Waals surface area contributed by atoms with Crippen LogP contribution in [0.2, 0.25) is 5.02 Å². The van der Waals surface area contributed by atoms with Crippen LogP contribution in [-0.2, 0) is 26.2 Å². The van der Waals surface area contributed by atoms with Crippen molar-refractivity contribution in [1.29, 1.82) is 0 Å². The van der Waals surface area contributed by atoms with Crippen molar-refractivity contribution in [3.63, 3.8) is 0 Å². The number of aryl methyl sites for hydroxylation is 1. The number of para-hydroxylation sites is 1. The average Bonchev–Trinajstić information content (AvgIpc) is 2.72. The molecule has 0 aliphatic carbocycles. The van der Waals surface area contributed by atoms with Crippen LogP contribution in [0.1, 0.15) is 38.3 Å². The first-order chi connectivity index (χ1) is 15.4. The Balaban J connectivity index is 2.44. The Morgan fingerprint density at radius 2 is 1.67 bits per heavy atom. The summed E-state index contributed by atoms with van der Waals surface area (Å²) in [7, 11) is -3.75. The molecule has 0 saturated heterocycles. The standard InChI is InChI=1S/C24H32ClN3O4S/c1-6-21(24(30)26-17(2)3)27(15-19-11-13-20(25)14-12-19)23(29)16-28(33(5,31)32)22-10-8-7-9-18(22)4/h7-14,17,21H,6,15-16H2,1-5H3,(H,26,30)/t21-/m0/s1. The number of carbonyl (C=O) groups is 2. The lowest BCUT2D eigenvalue weighted by Crippen LogP contribution is -2.53. The largest absolute Gasteiger partial charge is 0.352 e. The summed E-state index contributed by atoms with van der Waals surface area (Å²) < 4.78 is 26.3. The number of nitrogens with zero attached hydrogens (tertiary/aromatic N) is 2. The van der Waals surface area contributed by atoms with Gasteiger partial charge in [-0.3, -0.25) is 13.9 Å². The molecule has 0 aromatic heterocycles. The lowest BCUT2D eigenvalue weighted by molar-refractivity contribution is -0.140. The molecule has 0 aliphatic rings. The topological polar surface area (TPSA) is 86.8 Å². The number of hydrogen-bond donors (Lipinski definition) is 1. The normalized spacial score (nSPS) is 12.3. The molecule has 0 unspecified atom stereocenters. The number of sulfonamides is 1. The number of carbonyl (C=O) groups excluding carboxylic acids is 2. The van der Waals surface area contributed by atoms with Gasteiger partial charge in [0.1, 0.15) is 12.6 Å². The van der Waals surface area contributed by atoms with Gasteiger partial charge in [-0.15, -0.1) is 0 Å². The monoisotopic (exact) mass is 493 g/mol. The van der Waals surface area contributed by atoms with Gasteiger partial charge in [0.15, 0.2) is 0 Å². The van der Waals surface area contributed by atoms with Crippen LogP contribution in [0.3, 0.4) is 0 Å². The number of hydrogen-bond acceptors (Lipinski definition) is 4. The smallest absolute Gasteiger partial charge is 0.244 e. The first-order valence-electron chi connectivity index (χ1n) is 10.8. The highest BCUT2D eigenvalue weighted by Crippen LogP contribution is 2.23. The van der Waals surface area contributed by atoms with E-state index in [0.717, 1.165) is 21.7 Å². The van der Waals surface area contributed by atoms with Gasteiger partial charge in [-0.2, -0.15) is 0 Å². The molecular formula is C24H32ClN3O4S. The lowest BCUT2D eigenvalue weighted by atomic mass is 10.1. The van der Waals surface area contributed by atoms with E-state index in [1.807, 2.05) is 20.8 Å². The fourth-order valence-electron chi connectivity index (χ4n) is 3.52. The van der Waals surface area contributed by atoms with E-state index in [1.54, 1.807) is 55.5 Å². The zero-order valence-corrected chi connectivity index (χ0v) is 21.3.